The molecule has 1 N–H and O–H groups in total. The summed E-state index contributed by atoms with van der Waals surface area (Å²) in [5.41, 5.74) is 0.621. The number of carbonyl (C=O) groups is 1. The van der Waals surface area contributed by atoms with Crippen LogP contribution in [0.4, 0.5) is 0 Å². The van der Waals surface area contributed by atoms with Crippen molar-refractivity contribution in [3.05, 3.63) is 99.6 Å². The largest absolute Gasteiger partial charge is 0.507 e. The van der Waals surface area contributed by atoms with Crippen molar-refractivity contribution in [3.8, 4) is 5.75 Å². The molecule has 0 spiro atoms. The molecule has 0 aliphatic heterocycles. The predicted octanol–water partition coefficient (Wildman–Crippen LogP) is 3.36. The number of hydrogen-bond donors (Lipinski definition) is 1. The fourth-order valence-corrected chi connectivity index (χ4v) is 2.54. The van der Waals surface area contributed by atoms with Gasteiger partial charge in [-0.05, 0) is 11.1 Å². The number of aromatic hydroxyl groups is 1. The molecule has 1 aromatic heterocycles. The van der Waals surface area contributed by atoms with Gasteiger partial charge in [0.15, 0.2) is 5.78 Å². The van der Waals surface area contributed by atoms with Crippen molar-refractivity contribution in [2.45, 2.75) is 12.8 Å². The van der Waals surface area contributed by atoms with Crippen LogP contribution in [0.15, 0.2) is 75.9 Å². The van der Waals surface area contributed by atoms with Gasteiger partial charge in [0.25, 0.3) is 0 Å². The molecule has 1 heterocycles. The first kappa shape index (κ1) is 15.7. The highest BCUT2D eigenvalue weighted by Crippen LogP contribution is 2.19. The van der Waals surface area contributed by atoms with Crippen LogP contribution in [-0.2, 0) is 12.8 Å². The minimum atomic E-state index is -0.804. The number of benzene rings is 2. The monoisotopic (exact) mass is 320 g/mol. The lowest BCUT2D eigenvalue weighted by atomic mass is 10.0. The summed E-state index contributed by atoms with van der Waals surface area (Å²) in [5.74, 6) is -0.475. The van der Waals surface area contributed by atoms with E-state index in [9.17, 15) is 14.7 Å². The summed E-state index contributed by atoms with van der Waals surface area (Å²) < 4.78 is 5.22. The number of Topliss-reactive ketones (excluding diaryl/α,β-unsaturated/α-hetero) is 1. The van der Waals surface area contributed by atoms with E-state index >= 15 is 0 Å². The predicted molar refractivity (Wildman–Crippen MR) is 90.4 cm³/mol. The lowest BCUT2D eigenvalue weighted by Gasteiger charge is -2.06. The number of rotatable bonds is 5. The van der Waals surface area contributed by atoms with Crippen LogP contribution in [0, 0.1) is 0 Å². The van der Waals surface area contributed by atoms with E-state index < -0.39 is 11.4 Å². The van der Waals surface area contributed by atoms with Crippen LogP contribution in [0.3, 0.4) is 0 Å². The van der Waals surface area contributed by atoms with Gasteiger partial charge in [-0.25, -0.2) is 4.79 Å². The van der Waals surface area contributed by atoms with Crippen LogP contribution >= 0.6 is 0 Å². The second kappa shape index (κ2) is 6.96. The molecule has 0 saturated carbocycles. The molecular weight excluding hydrogens is 304 g/mol. The Bertz CT molecular complexity index is 896. The Morgan fingerprint density at radius 2 is 1.50 bits per heavy atom. The topological polar surface area (TPSA) is 67.5 Å². The summed E-state index contributed by atoms with van der Waals surface area (Å²) in [6, 6.07) is 19.8. The zero-order chi connectivity index (χ0) is 16.9. The normalized spacial score (nSPS) is 10.5. The fraction of sp³-hybridized carbons (Fsp3) is 0.100. The zero-order valence-corrected chi connectivity index (χ0v) is 12.9. The third-order valence-electron chi connectivity index (χ3n) is 3.69. The van der Waals surface area contributed by atoms with Gasteiger partial charge in [0.05, 0.1) is 0 Å². The van der Waals surface area contributed by atoms with Crippen molar-refractivity contribution >= 4 is 5.78 Å². The van der Waals surface area contributed by atoms with Gasteiger partial charge in [-0.15, -0.1) is 0 Å². The molecule has 4 heteroatoms. The van der Waals surface area contributed by atoms with E-state index in [-0.39, 0.29) is 17.7 Å². The van der Waals surface area contributed by atoms with Gasteiger partial charge in [0.2, 0.25) is 0 Å². The summed E-state index contributed by atoms with van der Waals surface area (Å²) in [4.78, 5) is 24.4. The molecule has 120 valence electrons. The maximum absolute atomic E-state index is 12.3. The quantitative estimate of drug-likeness (QED) is 0.732. The van der Waals surface area contributed by atoms with Crippen molar-refractivity contribution in [3.63, 3.8) is 0 Å². The van der Waals surface area contributed by atoms with Crippen LogP contribution in [0.1, 0.15) is 27.2 Å². The van der Waals surface area contributed by atoms with Gasteiger partial charge >= 0.3 is 5.63 Å². The van der Waals surface area contributed by atoms with E-state index in [0.717, 1.165) is 11.1 Å². The van der Waals surface area contributed by atoms with E-state index in [1.165, 1.54) is 6.07 Å². The lowest BCUT2D eigenvalue weighted by molar-refractivity contribution is 0.0986. The molecule has 3 rings (SSSR count). The Morgan fingerprint density at radius 1 is 0.917 bits per heavy atom. The van der Waals surface area contributed by atoms with Crippen molar-refractivity contribution in [2.75, 3.05) is 0 Å². The molecule has 0 unspecified atom stereocenters. The molecule has 0 aliphatic rings. The van der Waals surface area contributed by atoms with Gasteiger partial charge in [0, 0.05) is 18.9 Å². The molecule has 0 aliphatic carbocycles. The highest BCUT2D eigenvalue weighted by Gasteiger charge is 2.19. The standard InChI is InChI=1S/C20H16O4/c21-17(12-15-9-5-2-6-10-15)19-18(22)13-16(24-20(19)23)11-14-7-3-1-4-8-14/h1-10,13,22H,11-12H2. The smallest absolute Gasteiger partial charge is 0.350 e. The van der Waals surface area contributed by atoms with Crippen LogP contribution < -0.4 is 5.63 Å². The molecule has 2 aromatic carbocycles. The summed E-state index contributed by atoms with van der Waals surface area (Å²) in [5, 5.41) is 10.1. The second-order valence-electron chi connectivity index (χ2n) is 5.51. The van der Waals surface area contributed by atoms with Crippen molar-refractivity contribution in [2.24, 2.45) is 0 Å². The Balaban J connectivity index is 1.85. The third kappa shape index (κ3) is 3.60. The molecule has 4 nitrogen and oxygen atoms in total. The van der Waals surface area contributed by atoms with E-state index in [1.807, 2.05) is 48.5 Å². The third-order valence-corrected chi connectivity index (χ3v) is 3.69. The van der Waals surface area contributed by atoms with E-state index in [2.05, 4.69) is 0 Å². The van der Waals surface area contributed by atoms with Crippen molar-refractivity contribution in [1.82, 2.24) is 0 Å². The molecule has 0 amide bonds. The number of carbonyl (C=O) groups excluding carboxylic acids is 1. The second-order valence-corrected chi connectivity index (χ2v) is 5.51. The van der Waals surface area contributed by atoms with E-state index in [4.69, 9.17) is 4.42 Å². The Labute approximate surface area is 139 Å². The lowest BCUT2D eigenvalue weighted by Crippen LogP contribution is -2.17. The van der Waals surface area contributed by atoms with Gasteiger partial charge in [0.1, 0.15) is 17.1 Å². The van der Waals surface area contributed by atoms with Crippen LogP contribution in [-0.4, -0.2) is 10.9 Å². The van der Waals surface area contributed by atoms with Crippen molar-refractivity contribution in [1.29, 1.82) is 0 Å². The van der Waals surface area contributed by atoms with Crippen LogP contribution in [0.5, 0.6) is 5.75 Å². The molecular formula is C20H16O4. The molecule has 0 fully saturated rings. The molecule has 0 radical (unpaired) electrons. The van der Waals surface area contributed by atoms with E-state index in [1.54, 1.807) is 12.1 Å². The Hall–Kier alpha value is -3.14. The van der Waals surface area contributed by atoms with E-state index in [0.29, 0.717) is 12.2 Å². The number of hydrogen-bond acceptors (Lipinski definition) is 4. The minimum Gasteiger partial charge on any atom is -0.507 e. The first-order valence-electron chi connectivity index (χ1n) is 7.60. The van der Waals surface area contributed by atoms with Crippen LogP contribution in [0.25, 0.3) is 0 Å². The molecule has 3 aromatic rings. The maximum Gasteiger partial charge on any atom is 0.350 e. The SMILES string of the molecule is O=C(Cc1ccccc1)c1c(O)cc(Cc2ccccc2)oc1=O. The van der Waals surface area contributed by atoms with Crippen molar-refractivity contribution < 1.29 is 14.3 Å². The van der Waals surface area contributed by atoms with Crippen LogP contribution in [0.2, 0.25) is 0 Å². The average molecular weight is 320 g/mol. The zero-order valence-electron chi connectivity index (χ0n) is 12.9. The Morgan fingerprint density at radius 3 is 2.08 bits per heavy atom. The summed E-state index contributed by atoms with van der Waals surface area (Å²) in [6.07, 6.45) is 0.411. The van der Waals surface area contributed by atoms with Gasteiger partial charge in [-0.1, -0.05) is 60.7 Å². The molecule has 0 saturated heterocycles. The summed E-state index contributed by atoms with van der Waals surface area (Å²) in [7, 11) is 0. The minimum absolute atomic E-state index is 0.0389. The average Bonchev–Trinajstić information content (AvgIpc) is 2.56. The Kier molecular flexibility index (Phi) is 4.57. The fourth-order valence-electron chi connectivity index (χ4n) is 2.54. The van der Waals surface area contributed by atoms with Gasteiger partial charge in [-0.2, -0.15) is 0 Å². The molecule has 0 atom stereocenters. The summed E-state index contributed by atoms with van der Waals surface area (Å²) >= 11 is 0. The molecule has 24 heavy (non-hydrogen) atoms. The van der Waals surface area contributed by atoms with Gasteiger partial charge in [-0.3, -0.25) is 4.79 Å². The van der Waals surface area contributed by atoms with Gasteiger partial charge < -0.3 is 9.52 Å². The first-order valence-corrected chi connectivity index (χ1v) is 7.60. The number of ketones is 1. The summed E-state index contributed by atoms with van der Waals surface area (Å²) in [6.45, 7) is 0. The molecule has 0 bridgehead atoms. The first-order chi connectivity index (χ1) is 11.6. The highest BCUT2D eigenvalue weighted by atomic mass is 16.4. The highest BCUT2D eigenvalue weighted by molar-refractivity contribution is 5.99. The maximum atomic E-state index is 12.3.